The lowest BCUT2D eigenvalue weighted by atomic mass is 10.1. The summed E-state index contributed by atoms with van der Waals surface area (Å²) in [5.41, 5.74) is 1.31. The number of halogens is 2. The van der Waals surface area contributed by atoms with Crippen molar-refractivity contribution in [1.82, 2.24) is 15.5 Å². The van der Waals surface area contributed by atoms with E-state index in [1.54, 1.807) is 0 Å². The van der Waals surface area contributed by atoms with Gasteiger partial charge in [-0.2, -0.15) is 0 Å². The number of rotatable bonds is 9. The molecule has 1 aliphatic heterocycles. The minimum atomic E-state index is -0.00365. The average molecular weight is 392 g/mol. The SMILES string of the molecule is CCCNCCNC(=O)CC1CN(Cc2ccccc2)CCO1.Cl.Cl. The largest absolute Gasteiger partial charge is 0.375 e. The molecule has 2 rings (SSSR count). The Morgan fingerprint density at radius 3 is 2.68 bits per heavy atom. The maximum atomic E-state index is 12.0. The number of carbonyl (C=O) groups is 1. The molecule has 1 aromatic carbocycles. The van der Waals surface area contributed by atoms with Crippen molar-refractivity contribution in [1.29, 1.82) is 0 Å². The van der Waals surface area contributed by atoms with Crippen LogP contribution < -0.4 is 10.6 Å². The van der Waals surface area contributed by atoms with Crippen LogP contribution in [0.2, 0.25) is 0 Å². The van der Waals surface area contributed by atoms with Gasteiger partial charge < -0.3 is 15.4 Å². The van der Waals surface area contributed by atoms with Crippen LogP contribution in [0.1, 0.15) is 25.3 Å². The highest BCUT2D eigenvalue weighted by Crippen LogP contribution is 2.12. The summed E-state index contributed by atoms with van der Waals surface area (Å²) in [6.07, 6.45) is 1.55. The van der Waals surface area contributed by atoms with Gasteiger partial charge in [-0.1, -0.05) is 37.3 Å². The first kappa shape index (κ1) is 24.1. The standard InChI is InChI=1S/C18H29N3O2.2ClH/c1-2-8-19-9-10-20-18(22)13-17-15-21(11-12-23-17)14-16-6-4-3-5-7-16;;/h3-7,17,19H,2,8-15H2,1H3,(H,20,22);2*1H. The van der Waals surface area contributed by atoms with E-state index in [1.165, 1.54) is 5.56 Å². The summed E-state index contributed by atoms with van der Waals surface area (Å²) < 4.78 is 5.74. The van der Waals surface area contributed by atoms with Crippen molar-refractivity contribution < 1.29 is 9.53 Å². The average Bonchev–Trinajstić information content (AvgIpc) is 2.56. The van der Waals surface area contributed by atoms with Crippen molar-refractivity contribution in [2.24, 2.45) is 0 Å². The van der Waals surface area contributed by atoms with Crippen molar-refractivity contribution in [3.63, 3.8) is 0 Å². The predicted molar refractivity (Wildman–Crippen MR) is 107 cm³/mol. The van der Waals surface area contributed by atoms with Gasteiger partial charge in [0.15, 0.2) is 0 Å². The topological polar surface area (TPSA) is 53.6 Å². The summed E-state index contributed by atoms with van der Waals surface area (Å²) in [4.78, 5) is 14.3. The molecule has 2 N–H and O–H groups in total. The van der Waals surface area contributed by atoms with Crippen molar-refractivity contribution in [2.45, 2.75) is 32.4 Å². The Balaban J connectivity index is 0.00000288. The summed E-state index contributed by atoms with van der Waals surface area (Å²) >= 11 is 0. The monoisotopic (exact) mass is 391 g/mol. The molecule has 1 fully saturated rings. The molecule has 1 amide bonds. The summed E-state index contributed by atoms with van der Waals surface area (Å²) in [5.74, 6) is 0.0786. The molecule has 25 heavy (non-hydrogen) atoms. The summed E-state index contributed by atoms with van der Waals surface area (Å²) in [5, 5.41) is 6.23. The molecule has 1 atom stereocenters. The molecule has 0 radical (unpaired) electrons. The molecule has 7 heteroatoms. The van der Waals surface area contributed by atoms with Crippen molar-refractivity contribution in [2.75, 3.05) is 39.3 Å². The van der Waals surface area contributed by atoms with E-state index in [0.29, 0.717) is 19.6 Å². The first-order valence-electron chi connectivity index (χ1n) is 8.63. The molecule has 1 aliphatic rings. The van der Waals surface area contributed by atoms with Gasteiger partial charge in [0.05, 0.1) is 19.1 Å². The van der Waals surface area contributed by atoms with Crippen LogP contribution in [-0.2, 0) is 16.1 Å². The highest BCUT2D eigenvalue weighted by Gasteiger charge is 2.22. The Bertz CT molecular complexity index is 463. The van der Waals surface area contributed by atoms with E-state index in [0.717, 1.165) is 39.1 Å². The predicted octanol–water partition coefficient (Wildman–Crippen LogP) is 2.24. The van der Waals surface area contributed by atoms with E-state index in [4.69, 9.17) is 4.74 Å². The van der Waals surface area contributed by atoms with Crippen molar-refractivity contribution in [3.8, 4) is 0 Å². The number of carbonyl (C=O) groups excluding carboxylic acids is 1. The van der Waals surface area contributed by atoms with Gasteiger partial charge in [0.1, 0.15) is 0 Å². The van der Waals surface area contributed by atoms with Gasteiger partial charge in [-0.05, 0) is 18.5 Å². The molecule has 1 aromatic rings. The number of morpholine rings is 1. The Morgan fingerprint density at radius 2 is 1.96 bits per heavy atom. The normalized spacial score (nSPS) is 17.2. The van der Waals surface area contributed by atoms with Crippen LogP contribution in [0, 0.1) is 0 Å². The first-order chi connectivity index (χ1) is 11.3. The number of ether oxygens (including phenoxy) is 1. The highest BCUT2D eigenvalue weighted by atomic mass is 35.5. The Kier molecular flexibility index (Phi) is 13.8. The van der Waals surface area contributed by atoms with Gasteiger partial charge in [-0.15, -0.1) is 24.8 Å². The third-order valence-electron chi connectivity index (χ3n) is 3.94. The van der Waals surface area contributed by atoms with Gasteiger partial charge in [0.2, 0.25) is 5.91 Å². The lowest BCUT2D eigenvalue weighted by molar-refractivity contribution is -0.126. The van der Waals surface area contributed by atoms with Crippen LogP contribution in [0.4, 0.5) is 0 Å². The molecule has 144 valence electrons. The smallest absolute Gasteiger partial charge is 0.222 e. The third-order valence-corrected chi connectivity index (χ3v) is 3.94. The quantitative estimate of drug-likeness (QED) is 0.633. The fourth-order valence-corrected chi connectivity index (χ4v) is 2.76. The second kappa shape index (κ2) is 14.3. The van der Waals surface area contributed by atoms with Gasteiger partial charge in [-0.25, -0.2) is 0 Å². The number of amides is 1. The molecule has 1 heterocycles. The van der Waals surface area contributed by atoms with E-state index in [1.807, 2.05) is 6.07 Å². The lowest BCUT2D eigenvalue weighted by Gasteiger charge is -2.32. The maximum Gasteiger partial charge on any atom is 0.222 e. The molecule has 0 saturated carbocycles. The fourth-order valence-electron chi connectivity index (χ4n) is 2.76. The Morgan fingerprint density at radius 1 is 1.20 bits per heavy atom. The van der Waals surface area contributed by atoms with E-state index < -0.39 is 0 Å². The number of nitrogens with one attached hydrogen (secondary N) is 2. The van der Waals surface area contributed by atoms with Crippen LogP contribution >= 0.6 is 24.8 Å². The van der Waals surface area contributed by atoms with Crippen LogP contribution in [0.3, 0.4) is 0 Å². The van der Waals surface area contributed by atoms with E-state index in [9.17, 15) is 4.79 Å². The molecule has 0 bridgehead atoms. The van der Waals surface area contributed by atoms with Gasteiger partial charge >= 0.3 is 0 Å². The molecule has 0 aromatic heterocycles. The van der Waals surface area contributed by atoms with Crippen LogP contribution in [-0.4, -0.2) is 56.2 Å². The Hall–Kier alpha value is -0.850. The zero-order valence-corrected chi connectivity index (χ0v) is 16.5. The molecule has 1 saturated heterocycles. The molecule has 0 spiro atoms. The van der Waals surface area contributed by atoms with Crippen LogP contribution in [0.15, 0.2) is 30.3 Å². The summed E-state index contributed by atoms with van der Waals surface area (Å²) in [6, 6.07) is 10.4. The van der Waals surface area contributed by atoms with Crippen molar-refractivity contribution >= 4 is 30.7 Å². The summed E-state index contributed by atoms with van der Waals surface area (Å²) in [7, 11) is 0. The Labute approximate surface area is 163 Å². The zero-order valence-electron chi connectivity index (χ0n) is 14.9. The van der Waals surface area contributed by atoms with Gasteiger partial charge in [0, 0.05) is 32.7 Å². The number of hydrogen-bond acceptors (Lipinski definition) is 4. The number of nitrogens with zero attached hydrogens (tertiary/aromatic N) is 1. The second-order valence-electron chi connectivity index (χ2n) is 6.02. The zero-order chi connectivity index (χ0) is 16.3. The lowest BCUT2D eigenvalue weighted by Crippen LogP contribution is -2.44. The molecule has 0 aliphatic carbocycles. The van der Waals surface area contributed by atoms with Gasteiger partial charge in [0.25, 0.3) is 0 Å². The number of benzene rings is 1. The number of hydrogen-bond donors (Lipinski definition) is 2. The maximum absolute atomic E-state index is 12.0. The molecular formula is C18H31Cl2N3O2. The second-order valence-corrected chi connectivity index (χ2v) is 6.02. The van der Waals surface area contributed by atoms with E-state index in [-0.39, 0.29) is 36.8 Å². The first-order valence-corrected chi connectivity index (χ1v) is 8.63. The summed E-state index contributed by atoms with van der Waals surface area (Å²) in [6.45, 7) is 7.99. The molecule has 1 unspecified atom stereocenters. The fraction of sp³-hybridized carbons (Fsp3) is 0.611. The molecule has 5 nitrogen and oxygen atoms in total. The van der Waals surface area contributed by atoms with Crippen LogP contribution in [0.5, 0.6) is 0 Å². The minimum absolute atomic E-state index is 0. The van der Waals surface area contributed by atoms with E-state index in [2.05, 4.69) is 46.7 Å². The van der Waals surface area contributed by atoms with Gasteiger partial charge in [-0.3, -0.25) is 9.69 Å². The minimum Gasteiger partial charge on any atom is -0.375 e. The highest BCUT2D eigenvalue weighted by molar-refractivity contribution is 5.85. The van der Waals surface area contributed by atoms with Crippen molar-refractivity contribution in [3.05, 3.63) is 35.9 Å². The van der Waals surface area contributed by atoms with E-state index >= 15 is 0 Å². The van der Waals surface area contributed by atoms with Crippen LogP contribution in [0.25, 0.3) is 0 Å². The third kappa shape index (κ3) is 10.0. The molecular weight excluding hydrogens is 361 g/mol.